The van der Waals surface area contributed by atoms with Gasteiger partial charge in [0, 0.05) is 26.5 Å². The molecule has 0 amide bonds. The van der Waals surface area contributed by atoms with Gasteiger partial charge in [-0.25, -0.2) is 9.97 Å². The van der Waals surface area contributed by atoms with Gasteiger partial charge in [-0.05, 0) is 31.4 Å². The van der Waals surface area contributed by atoms with Gasteiger partial charge in [-0.15, -0.1) is 0 Å². The van der Waals surface area contributed by atoms with E-state index in [2.05, 4.69) is 9.97 Å². The summed E-state index contributed by atoms with van der Waals surface area (Å²) < 4.78 is 7.00. The van der Waals surface area contributed by atoms with Crippen molar-refractivity contribution < 1.29 is 4.74 Å². The first kappa shape index (κ1) is 11.9. The monoisotopic (exact) mass is 234 g/mol. The van der Waals surface area contributed by atoms with Gasteiger partial charge in [-0.2, -0.15) is 0 Å². The van der Waals surface area contributed by atoms with E-state index in [0.717, 1.165) is 42.7 Å². The van der Waals surface area contributed by atoms with E-state index in [1.165, 1.54) is 0 Å². The van der Waals surface area contributed by atoms with E-state index in [1.807, 2.05) is 17.6 Å². The minimum atomic E-state index is 0.541. The Labute approximate surface area is 101 Å². The van der Waals surface area contributed by atoms with Gasteiger partial charge in [0.1, 0.15) is 5.52 Å². The summed E-state index contributed by atoms with van der Waals surface area (Å²) in [6, 6.07) is 1.95. The van der Waals surface area contributed by atoms with Crippen molar-refractivity contribution in [1.82, 2.24) is 14.5 Å². The van der Waals surface area contributed by atoms with Crippen LogP contribution >= 0.6 is 0 Å². The van der Waals surface area contributed by atoms with E-state index in [-0.39, 0.29) is 0 Å². The molecule has 0 aromatic carbocycles. The zero-order valence-corrected chi connectivity index (χ0v) is 10.3. The summed E-state index contributed by atoms with van der Waals surface area (Å²) in [5, 5.41) is 0. The second kappa shape index (κ2) is 5.14. The van der Waals surface area contributed by atoms with Gasteiger partial charge in [0.05, 0.1) is 0 Å². The van der Waals surface area contributed by atoms with Crippen molar-refractivity contribution in [2.45, 2.75) is 26.3 Å². The van der Waals surface area contributed by atoms with Crippen LogP contribution in [0.4, 0.5) is 5.95 Å². The maximum Gasteiger partial charge on any atom is 0.202 e. The molecule has 5 heteroatoms. The van der Waals surface area contributed by atoms with Crippen molar-refractivity contribution in [2.75, 3.05) is 19.5 Å². The standard InChI is InChI=1S/C12H18N4O/c1-9-5-6-14-11-10(9)15-12(13)16(11)7-3-4-8-17-2/h5-6H,3-4,7-8H2,1-2H3,(H2,13,15). The van der Waals surface area contributed by atoms with Gasteiger partial charge in [0.25, 0.3) is 0 Å². The molecule has 2 N–H and O–H groups in total. The Bertz CT molecular complexity index is 506. The van der Waals surface area contributed by atoms with E-state index in [9.17, 15) is 0 Å². The summed E-state index contributed by atoms with van der Waals surface area (Å²) in [6.07, 6.45) is 3.82. The van der Waals surface area contributed by atoms with Crippen molar-refractivity contribution in [1.29, 1.82) is 0 Å². The Balaban J connectivity index is 2.21. The number of ether oxygens (including phenoxy) is 1. The van der Waals surface area contributed by atoms with Crippen LogP contribution in [-0.2, 0) is 11.3 Å². The summed E-state index contributed by atoms with van der Waals surface area (Å²) in [5.41, 5.74) is 8.80. The molecule has 0 spiro atoms. The predicted octanol–water partition coefficient (Wildman–Crippen LogP) is 1.75. The van der Waals surface area contributed by atoms with Crippen LogP contribution in [0.25, 0.3) is 11.2 Å². The number of methoxy groups -OCH3 is 1. The maximum atomic E-state index is 5.92. The van der Waals surface area contributed by atoms with E-state index >= 15 is 0 Å². The minimum Gasteiger partial charge on any atom is -0.385 e. The number of aryl methyl sites for hydroxylation is 2. The van der Waals surface area contributed by atoms with Crippen molar-refractivity contribution in [3.63, 3.8) is 0 Å². The summed E-state index contributed by atoms with van der Waals surface area (Å²) in [5.74, 6) is 0.541. The Kier molecular flexibility index (Phi) is 3.58. The van der Waals surface area contributed by atoms with E-state index in [4.69, 9.17) is 10.5 Å². The van der Waals surface area contributed by atoms with Crippen molar-refractivity contribution in [3.8, 4) is 0 Å². The summed E-state index contributed by atoms with van der Waals surface area (Å²) in [4.78, 5) is 8.71. The molecule has 0 atom stereocenters. The number of hydrogen-bond donors (Lipinski definition) is 1. The van der Waals surface area contributed by atoms with Crippen molar-refractivity contribution >= 4 is 17.1 Å². The second-order valence-electron chi connectivity index (χ2n) is 4.12. The molecule has 0 saturated heterocycles. The topological polar surface area (TPSA) is 66.0 Å². The Morgan fingerprint density at radius 2 is 2.24 bits per heavy atom. The average molecular weight is 234 g/mol. The SMILES string of the molecule is COCCCCn1c(N)nc2c(C)ccnc21. The molecule has 92 valence electrons. The fraction of sp³-hybridized carbons (Fsp3) is 0.500. The number of imidazole rings is 1. The van der Waals surface area contributed by atoms with Crippen LogP contribution in [0.1, 0.15) is 18.4 Å². The lowest BCUT2D eigenvalue weighted by Crippen LogP contribution is -2.05. The van der Waals surface area contributed by atoms with Gasteiger partial charge in [0.15, 0.2) is 5.65 Å². The third kappa shape index (κ3) is 2.39. The molecule has 0 saturated carbocycles. The molecule has 0 bridgehead atoms. The van der Waals surface area contributed by atoms with Gasteiger partial charge >= 0.3 is 0 Å². The number of aromatic nitrogens is 3. The molecular weight excluding hydrogens is 216 g/mol. The van der Waals surface area contributed by atoms with Crippen molar-refractivity contribution in [3.05, 3.63) is 17.8 Å². The third-order valence-corrected chi connectivity index (χ3v) is 2.85. The number of nitrogens with two attached hydrogens (primary N) is 1. The largest absolute Gasteiger partial charge is 0.385 e. The smallest absolute Gasteiger partial charge is 0.202 e. The fourth-order valence-corrected chi connectivity index (χ4v) is 1.89. The highest BCUT2D eigenvalue weighted by atomic mass is 16.5. The first-order valence-electron chi connectivity index (χ1n) is 5.80. The Hall–Kier alpha value is -1.62. The minimum absolute atomic E-state index is 0.541. The van der Waals surface area contributed by atoms with Crippen LogP contribution in [0.5, 0.6) is 0 Å². The fourth-order valence-electron chi connectivity index (χ4n) is 1.89. The van der Waals surface area contributed by atoms with Gasteiger partial charge in [-0.1, -0.05) is 0 Å². The van der Waals surface area contributed by atoms with E-state index in [0.29, 0.717) is 5.95 Å². The lowest BCUT2D eigenvalue weighted by Gasteiger charge is -2.05. The Morgan fingerprint density at radius 3 is 3.00 bits per heavy atom. The number of nitrogens with zero attached hydrogens (tertiary/aromatic N) is 3. The molecular formula is C12H18N4O. The van der Waals surface area contributed by atoms with Gasteiger partial charge < -0.3 is 10.5 Å². The lowest BCUT2D eigenvalue weighted by atomic mass is 10.3. The first-order valence-corrected chi connectivity index (χ1v) is 5.80. The second-order valence-corrected chi connectivity index (χ2v) is 4.12. The number of rotatable bonds is 5. The molecule has 2 aromatic heterocycles. The van der Waals surface area contributed by atoms with Crippen LogP contribution in [0, 0.1) is 6.92 Å². The molecule has 0 aliphatic heterocycles. The number of anilines is 1. The summed E-state index contributed by atoms with van der Waals surface area (Å²) >= 11 is 0. The van der Waals surface area contributed by atoms with Crippen molar-refractivity contribution in [2.24, 2.45) is 0 Å². The molecule has 0 radical (unpaired) electrons. The predicted molar refractivity (Wildman–Crippen MR) is 67.8 cm³/mol. The molecule has 17 heavy (non-hydrogen) atoms. The van der Waals surface area contributed by atoms with Crippen LogP contribution < -0.4 is 5.73 Å². The number of unbranched alkanes of at least 4 members (excludes halogenated alkanes) is 1. The van der Waals surface area contributed by atoms with E-state index in [1.54, 1.807) is 13.3 Å². The quantitative estimate of drug-likeness (QED) is 0.800. The first-order chi connectivity index (χ1) is 8.24. The average Bonchev–Trinajstić information content (AvgIpc) is 2.63. The highest BCUT2D eigenvalue weighted by Crippen LogP contribution is 2.19. The number of pyridine rings is 1. The van der Waals surface area contributed by atoms with Crippen LogP contribution in [-0.4, -0.2) is 28.3 Å². The zero-order valence-electron chi connectivity index (χ0n) is 10.3. The van der Waals surface area contributed by atoms with Crippen LogP contribution in [0.15, 0.2) is 12.3 Å². The molecule has 0 aliphatic carbocycles. The number of hydrogen-bond acceptors (Lipinski definition) is 4. The summed E-state index contributed by atoms with van der Waals surface area (Å²) in [6.45, 7) is 3.63. The highest BCUT2D eigenvalue weighted by Gasteiger charge is 2.10. The molecule has 5 nitrogen and oxygen atoms in total. The molecule has 2 aromatic rings. The lowest BCUT2D eigenvalue weighted by molar-refractivity contribution is 0.191. The van der Waals surface area contributed by atoms with Gasteiger partial charge in [-0.3, -0.25) is 4.57 Å². The number of fused-ring (bicyclic) bond motifs is 1. The maximum absolute atomic E-state index is 5.92. The highest BCUT2D eigenvalue weighted by molar-refractivity contribution is 5.77. The molecule has 0 fully saturated rings. The van der Waals surface area contributed by atoms with Crippen LogP contribution in [0.3, 0.4) is 0 Å². The summed E-state index contributed by atoms with van der Waals surface area (Å²) in [7, 11) is 1.71. The Morgan fingerprint density at radius 1 is 1.41 bits per heavy atom. The molecule has 0 aliphatic rings. The zero-order chi connectivity index (χ0) is 12.3. The third-order valence-electron chi connectivity index (χ3n) is 2.85. The van der Waals surface area contributed by atoms with E-state index < -0.39 is 0 Å². The van der Waals surface area contributed by atoms with Gasteiger partial charge in [0.2, 0.25) is 5.95 Å². The molecule has 0 unspecified atom stereocenters. The molecule has 2 rings (SSSR count). The van der Waals surface area contributed by atoms with Crippen LogP contribution in [0.2, 0.25) is 0 Å². The normalized spacial score (nSPS) is 11.2. The number of nitrogen functional groups attached to an aromatic ring is 1. The molecule has 2 heterocycles.